The Bertz CT molecular complexity index is 473. The van der Waals surface area contributed by atoms with E-state index in [1.54, 1.807) is 21.0 Å². The summed E-state index contributed by atoms with van der Waals surface area (Å²) < 4.78 is 32.8. The molecule has 2 unspecified atom stereocenters. The standard InChI is InChI=1S/C13H28O7P2S/c1-9(2)19-22(16,23)20-13-11(6-7-21(14,15)18-5)8-10(3)12(13)17-4/h9-13H,6-8H2,1-5H3,(H,14,15)(H,16,23)/t10-,11-,12-,13+,22?/m0/s1. The Morgan fingerprint density at radius 1 is 1.26 bits per heavy atom. The summed E-state index contributed by atoms with van der Waals surface area (Å²) in [7, 11) is -0.785. The van der Waals surface area contributed by atoms with Crippen LogP contribution in [0.5, 0.6) is 0 Å². The summed E-state index contributed by atoms with van der Waals surface area (Å²) in [6, 6.07) is 0. The van der Waals surface area contributed by atoms with Gasteiger partial charge < -0.3 is 28.1 Å². The van der Waals surface area contributed by atoms with E-state index in [0.717, 1.165) is 6.42 Å². The lowest BCUT2D eigenvalue weighted by molar-refractivity contribution is -0.0202. The fourth-order valence-electron chi connectivity index (χ4n) is 3.00. The molecule has 7 nitrogen and oxygen atoms in total. The molecule has 0 aromatic heterocycles. The van der Waals surface area contributed by atoms with E-state index in [1.165, 1.54) is 7.11 Å². The molecule has 1 saturated carbocycles. The van der Waals surface area contributed by atoms with Crippen LogP contribution in [0.3, 0.4) is 0 Å². The molecular formula is C13H28O7P2S. The Kier molecular flexibility index (Phi) is 8.33. The molecule has 6 atom stereocenters. The molecule has 0 aromatic carbocycles. The van der Waals surface area contributed by atoms with E-state index in [4.69, 9.17) is 25.6 Å². The van der Waals surface area contributed by atoms with Gasteiger partial charge in [-0.25, -0.2) is 0 Å². The Balaban J connectivity index is 2.83. The van der Waals surface area contributed by atoms with Gasteiger partial charge in [-0.1, -0.05) is 6.92 Å². The van der Waals surface area contributed by atoms with Gasteiger partial charge >= 0.3 is 14.3 Å². The molecule has 1 aliphatic rings. The summed E-state index contributed by atoms with van der Waals surface area (Å²) in [4.78, 5) is 19.8. The van der Waals surface area contributed by atoms with Gasteiger partial charge in [0.1, 0.15) is 0 Å². The maximum absolute atomic E-state index is 11.7. The normalized spacial score (nSPS) is 33.6. The van der Waals surface area contributed by atoms with Crippen molar-refractivity contribution in [1.29, 1.82) is 0 Å². The van der Waals surface area contributed by atoms with Crippen LogP contribution < -0.4 is 0 Å². The van der Waals surface area contributed by atoms with Gasteiger partial charge in [0.15, 0.2) is 0 Å². The lowest BCUT2D eigenvalue weighted by Gasteiger charge is -2.29. The molecule has 138 valence electrons. The summed E-state index contributed by atoms with van der Waals surface area (Å²) in [5, 5.41) is 0. The number of hydrogen-bond donors (Lipinski definition) is 2. The van der Waals surface area contributed by atoms with E-state index in [1.807, 2.05) is 6.92 Å². The molecular weight excluding hydrogens is 362 g/mol. The zero-order valence-corrected chi connectivity index (χ0v) is 16.9. The summed E-state index contributed by atoms with van der Waals surface area (Å²) >= 11 is 5.07. The molecule has 1 fully saturated rings. The van der Waals surface area contributed by atoms with E-state index < -0.39 is 20.4 Å². The van der Waals surface area contributed by atoms with Crippen LogP contribution >= 0.6 is 14.3 Å². The second kappa shape index (κ2) is 8.84. The van der Waals surface area contributed by atoms with Gasteiger partial charge in [0.25, 0.3) is 0 Å². The Labute approximate surface area is 143 Å². The minimum atomic E-state index is -3.58. The Morgan fingerprint density at radius 3 is 2.35 bits per heavy atom. The minimum Gasteiger partial charge on any atom is -0.378 e. The molecule has 0 heterocycles. The first kappa shape index (κ1) is 21.7. The summed E-state index contributed by atoms with van der Waals surface area (Å²) in [6.45, 7) is 2.16. The average Bonchev–Trinajstić information content (AvgIpc) is 2.70. The monoisotopic (exact) mass is 390 g/mol. The van der Waals surface area contributed by atoms with Crippen molar-refractivity contribution in [3.05, 3.63) is 0 Å². The number of rotatable bonds is 9. The van der Waals surface area contributed by atoms with Gasteiger partial charge in [-0.15, -0.1) is 0 Å². The second-order valence-electron chi connectivity index (χ2n) is 6.20. The molecule has 0 aliphatic heterocycles. The van der Waals surface area contributed by atoms with Crippen LogP contribution in [-0.4, -0.2) is 48.5 Å². The van der Waals surface area contributed by atoms with E-state index in [2.05, 4.69) is 4.52 Å². The van der Waals surface area contributed by atoms with Crippen LogP contribution in [0.25, 0.3) is 0 Å². The maximum atomic E-state index is 11.7. The first-order chi connectivity index (χ1) is 10.5. The van der Waals surface area contributed by atoms with E-state index in [0.29, 0.717) is 6.42 Å². The van der Waals surface area contributed by atoms with Crippen molar-refractivity contribution in [2.45, 2.75) is 51.9 Å². The fraction of sp³-hybridized carbons (Fsp3) is 1.00. The summed E-state index contributed by atoms with van der Waals surface area (Å²) in [5.41, 5.74) is 0. The third-order valence-corrected chi connectivity index (χ3v) is 7.07. The summed E-state index contributed by atoms with van der Waals surface area (Å²) in [6.07, 6.45) is 0.232. The van der Waals surface area contributed by atoms with Crippen LogP contribution in [0, 0.1) is 11.8 Å². The lowest BCUT2D eigenvalue weighted by Crippen LogP contribution is -2.32. The molecule has 1 aliphatic carbocycles. The molecule has 1 rings (SSSR count). The van der Waals surface area contributed by atoms with Crippen LogP contribution in [0.4, 0.5) is 0 Å². The van der Waals surface area contributed by atoms with Gasteiger partial charge in [-0.05, 0) is 50.3 Å². The lowest BCUT2D eigenvalue weighted by atomic mass is 10.0. The molecule has 0 saturated heterocycles. The van der Waals surface area contributed by atoms with Gasteiger partial charge in [-0.3, -0.25) is 4.57 Å². The Hall–Kier alpha value is 0.640. The third kappa shape index (κ3) is 6.81. The minimum absolute atomic E-state index is 0.0243. The molecule has 0 amide bonds. The van der Waals surface area contributed by atoms with Crippen LogP contribution in [0.1, 0.15) is 33.6 Å². The van der Waals surface area contributed by atoms with Crippen LogP contribution in [-0.2, 0) is 34.7 Å². The quantitative estimate of drug-likeness (QED) is 0.581. The van der Waals surface area contributed by atoms with E-state index in [-0.39, 0.29) is 30.2 Å². The van der Waals surface area contributed by atoms with Gasteiger partial charge in [0.05, 0.1) is 24.5 Å². The highest BCUT2D eigenvalue weighted by molar-refractivity contribution is 8.07. The second-order valence-corrected chi connectivity index (χ2v) is 11.0. The van der Waals surface area contributed by atoms with Gasteiger partial charge in [0, 0.05) is 14.2 Å². The van der Waals surface area contributed by atoms with Crippen LogP contribution in [0.15, 0.2) is 0 Å². The van der Waals surface area contributed by atoms with Gasteiger partial charge in [0.2, 0.25) is 0 Å². The van der Waals surface area contributed by atoms with Crippen molar-refractivity contribution in [2.24, 2.45) is 11.8 Å². The van der Waals surface area contributed by atoms with Gasteiger partial charge in [-0.2, -0.15) is 0 Å². The molecule has 0 aromatic rings. The van der Waals surface area contributed by atoms with Crippen molar-refractivity contribution in [2.75, 3.05) is 20.4 Å². The molecule has 2 N–H and O–H groups in total. The largest absolute Gasteiger partial charge is 0.378 e. The maximum Gasteiger partial charge on any atom is 0.327 e. The fourth-order valence-corrected chi connectivity index (χ4v) is 5.84. The van der Waals surface area contributed by atoms with E-state index >= 15 is 0 Å². The smallest absolute Gasteiger partial charge is 0.327 e. The molecule has 0 bridgehead atoms. The molecule has 0 radical (unpaired) electrons. The van der Waals surface area contributed by atoms with Crippen molar-refractivity contribution >= 4 is 26.1 Å². The highest BCUT2D eigenvalue weighted by Crippen LogP contribution is 2.52. The zero-order chi connectivity index (χ0) is 17.8. The van der Waals surface area contributed by atoms with Crippen LogP contribution in [0.2, 0.25) is 0 Å². The SMILES string of the molecule is CO[C@@H]1[C@H](OP(O)(=S)OC(C)C)[C@@H](CCP(=O)(O)OC)C[C@@H]1C. The predicted molar refractivity (Wildman–Crippen MR) is 92.0 cm³/mol. The molecule has 10 heteroatoms. The third-order valence-electron chi connectivity index (χ3n) is 3.96. The molecule has 23 heavy (non-hydrogen) atoms. The average molecular weight is 390 g/mol. The summed E-state index contributed by atoms with van der Waals surface area (Å²) in [5.74, 6) is 0.125. The number of methoxy groups -OCH3 is 1. The van der Waals surface area contributed by atoms with Crippen molar-refractivity contribution in [3.8, 4) is 0 Å². The predicted octanol–water partition coefficient (Wildman–Crippen LogP) is 2.91. The van der Waals surface area contributed by atoms with Crippen molar-refractivity contribution in [3.63, 3.8) is 0 Å². The number of ether oxygens (including phenoxy) is 1. The number of hydrogen-bond acceptors (Lipinski definition) is 6. The first-order valence-electron chi connectivity index (χ1n) is 7.61. The highest BCUT2D eigenvalue weighted by atomic mass is 32.5. The highest BCUT2D eigenvalue weighted by Gasteiger charge is 2.45. The molecule has 0 spiro atoms. The van der Waals surface area contributed by atoms with Crippen molar-refractivity contribution in [1.82, 2.24) is 0 Å². The Morgan fingerprint density at radius 2 is 1.87 bits per heavy atom. The zero-order valence-electron chi connectivity index (χ0n) is 14.2. The topological polar surface area (TPSA) is 94.5 Å². The first-order valence-corrected chi connectivity index (χ1v) is 12.0. The van der Waals surface area contributed by atoms with E-state index in [9.17, 15) is 14.4 Å². The van der Waals surface area contributed by atoms with Crippen molar-refractivity contribution < 1.29 is 32.7 Å².